The third kappa shape index (κ3) is 6.19. The highest BCUT2D eigenvalue weighted by atomic mass is 35.5. The Morgan fingerprint density at radius 3 is 2.53 bits per heavy atom. The van der Waals surface area contributed by atoms with Crippen LogP contribution in [0.2, 0.25) is 5.02 Å². The number of nitrogens with one attached hydrogen (secondary N) is 1. The number of carbonyl (C=O) groups excluding carboxylic acids is 2. The van der Waals surface area contributed by atoms with Gasteiger partial charge in [0.05, 0.1) is 13.7 Å². The van der Waals surface area contributed by atoms with Crippen LogP contribution in [0.25, 0.3) is 11.1 Å². The Morgan fingerprint density at radius 1 is 1.12 bits per heavy atom. The molecule has 3 aromatic rings. The predicted molar refractivity (Wildman–Crippen MR) is 139 cm³/mol. The summed E-state index contributed by atoms with van der Waals surface area (Å²) in [6, 6.07) is 13.4. The van der Waals surface area contributed by atoms with Gasteiger partial charge in [-0.15, -0.1) is 11.3 Å². The Kier molecular flexibility index (Phi) is 8.75. The SMILES string of the molecule is COC(=O)c1c(NC(=O)CCCOc2ccc(C(C)C)c(C)c2)sc(C)c1-c1cccc(Cl)c1. The first-order valence-corrected chi connectivity index (χ1v) is 12.4. The minimum atomic E-state index is -0.502. The maximum atomic E-state index is 12.6. The number of benzene rings is 2. The van der Waals surface area contributed by atoms with Crippen LogP contribution in [-0.4, -0.2) is 25.6 Å². The molecule has 1 heterocycles. The van der Waals surface area contributed by atoms with Crippen molar-refractivity contribution in [1.29, 1.82) is 0 Å². The summed E-state index contributed by atoms with van der Waals surface area (Å²) in [5.41, 5.74) is 4.37. The van der Waals surface area contributed by atoms with Crippen LogP contribution in [0.3, 0.4) is 0 Å². The lowest BCUT2D eigenvalue weighted by Gasteiger charge is -2.12. The molecule has 0 unspecified atom stereocenters. The fourth-order valence-electron chi connectivity index (χ4n) is 3.92. The van der Waals surface area contributed by atoms with Gasteiger partial charge >= 0.3 is 5.97 Å². The maximum absolute atomic E-state index is 12.6. The summed E-state index contributed by atoms with van der Waals surface area (Å²) < 4.78 is 10.8. The molecule has 0 aliphatic rings. The molecule has 2 aromatic carbocycles. The maximum Gasteiger partial charge on any atom is 0.341 e. The van der Waals surface area contributed by atoms with E-state index in [-0.39, 0.29) is 12.3 Å². The second-order valence-corrected chi connectivity index (χ2v) is 10.1. The molecule has 7 heteroatoms. The first kappa shape index (κ1) is 25.8. The van der Waals surface area contributed by atoms with Crippen LogP contribution in [0.1, 0.15) is 59.0 Å². The lowest BCUT2D eigenvalue weighted by atomic mass is 9.98. The van der Waals surface area contributed by atoms with Crippen molar-refractivity contribution in [1.82, 2.24) is 0 Å². The van der Waals surface area contributed by atoms with E-state index in [4.69, 9.17) is 21.1 Å². The van der Waals surface area contributed by atoms with Crippen LogP contribution in [-0.2, 0) is 9.53 Å². The molecule has 1 amide bonds. The molecule has 0 aliphatic carbocycles. The lowest BCUT2D eigenvalue weighted by Crippen LogP contribution is -2.15. The molecule has 1 aromatic heterocycles. The van der Waals surface area contributed by atoms with Crippen molar-refractivity contribution in [2.24, 2.45) is 0 Å². The average molecular weight is 500 g/mol. The van der Waals surface area contributed by atoms with E-state index in [0.29, 0.717) is 34.5 Å². The number of anilines is 1. The number of halogens is 1. The smallest absolute Gasteiger partial charge is 0.341 e. The number of rotatable bonds is 9. The quantitative estimate of drug-likeness (QED) is 0.246. The Morgan fingerprint density at radius 2 is 1.88 bits per heavy atom. The van der Waals surface area contributed by atoms with Crippen molar-refractivity contribution in [3.05, 3.63) is 69.1 Å². The van der Waals surface area contributed by atoms with Gasteiger partial charge in [0.1, 0.15) is 16.3 Å². The van der Waals surface area contributed by atoms with Gasteiger partial charge in [0.2, 0.25) is 5.91 Å². The number of carbonyl (C=O) groups is 2. The van der Waals surface area contributed by atoms with Crippen molar-refractivity contribution < 1.29 is 19.1 Å². The van der Waals surface area contributed by atoms with Crippen LogP contribution in [0.15, 0.2) is 42.5 Å². The normalized spacial score (nSPS) is 10.9. The topological polar surface area (TPSA) is 64.6 Å². The van der Waals surface area contributed by atoms with Gasteiger partial charge in [-0.1, -0.05) is 43.6 Å². The number of hydrogen-bond acceptors (Lipinski definition) is 5. The first-order valence-electron chi connectivity index (χ1n) is 11.2. The number of amides is 1. The van der Waals surface area contributed by atoms with Crippen LogP contribution in [0.5, 0.6) is 5.75 Å². The Hall–Kier alpha value is -2.83. The molecule has 0 bridgehead atoms. The van der Waals surface area contributed by atoms with Gasteiger partial charge in [0.15, 0.2) is 0 Å². The molecular formula is C27H30ClNO4S. The highest BCUT2D eigenvalue weighted by Crippen LogP contribution is 2.41. The minimum absolute atomic E-state index is 0.181. The van der Waals surface area contributed by atoms with Gasteiger partial charge in [-0.3, -0.25) is 4.79 Å². The molecule has 1 N–H and O–H groups in total. The van der Waals surface area contributed by atoms with Gasteiger partial charge in [0.25, 0.3) is 0 Å². The van der Waals surface area contributed by atoms with Crippen molar-refractivity contribution in [3.63, 3.8) is 0 Å². The molecule has 34 heavy (non-hydrogen) atoms. The molecule has 0 spiro atoms. The van der Waals surface area contributed by atoms with E-state index in [0.717, 1.165) is 21.8 Å². The van der Waals surface area contributed by atoms with E-state index in [9.17, 15) is 9.59 Å². The van der Waals surface area contributed by atoms with E-state index >= 15 is 0 Å². The fraction of sp³-hybridized carbons (Fsp3) is 0.333. The fourth-order valence-corrected chi connectivity index (χ4v) is 5.19. The molecular weight excluding hydrogens is 470 g/mol. The number of aryl methyl sites for hydroxylation is 2. The second-order valence-electron chi connectivity index (χ2n) is 8.41. The van der Waals surface area contributed by atoms with E-state index in [2.05, 4.69) is 32.2 Å². The second kappa shape index (κ2) is 11.5. The summed E-state index contributed by atoms with van der Waals surface area (Å²) in [5.74, 6) is 0.584. The van der Waals surface area contributed by atoms with Gasteiger partial charge in [-0.05, 0) is 67.1 Å². The van der Waals surface area contributed by atoms with Crippen molar-refractivity contribution in [2.75, 3.05) is 19.0 Å². The third-order valence-electron chi connectivity index (χ3n) is 5.52. The number of hydrogen-bond donors (Lipinski definition) is 1. The Balaban J connectivity index is 1.65. The van der Waals surface area contributed by atoms with Crippen molar-refractivity contribution in [3.8, 4) is 16.9 Å². The Bertz CT molecular complexity index is 1190. The summed E-state index contributed by atoms with van der Waals surface area (Å²) in [7, 11) is 1.33. The summed E-state index contributed by atoms with van der Waals surface area (Å²) in [6.07, 6.45) is 0.822. The Labute approximate surface area is 210 Å². The zero-order valence-corrected chi connectivity index (χ0v) is 21.7. The summed E-state index contributed by atoms with van der Waals surface area (Å²) >= 11 is 7.50. The average Bonchev–Trinajstić information content (AvgIpc) is 3.11. The van der Waals surface area contributed by atoms with Gasteiger partial charge in [0, 0.05) is 21.9 Å². The molecule has 0 radical (unpaired) electrons. The molecule has 0 saturated heterocycles. The summed E-state index contributed by atoms with van der Waals surface area (Å²) in [6.45, 7) is 8.74. The molecule has 0 aliphatic heterocycles. The summed E-state index contributed by atoms with van der Waals surface area (Å²) in [5, 5.41) is 3.93. The van der Waals surface area contributed by atoms with E-state index in [1.165, 1.54) is 29.6 Å². The van der Waals surface area contributed by atoms with E-state index in [1.54, 1.807) is 12.1 Å². The monoisotopic (exact) mass is 499 g/mol. The van der Waals surface area contributed by atoms with Crippen molar-refractivity contribution in [2.45, 2.75) is 46.5 Å². The standard InChI is InChI=1S/C27H30ClNO4S/c1-16(2)22-12-11-21(14-17(22)3)33-13-7-10-23(30)29-26-25(27(31)32-5)24(18(4)34-26)19-8-6-9-20(28)15-19/h6,8-9,11-12,14-16H,7,10,13H2,1-5H3,(H,29,30). The van der Waals surface area contributed by atoms with Crippen LogP contribution in [0, 0.1) is 13.8 Å². The summed E-state index contributed by atoms with van der Waals surface area (Å²) in [4.78, 5) is 26.1. The van der Waals surface area contributed by atoms with Gasteiger partial charge in [-0.2, -0.15) is 0 Å². The third-order valence-corrected chi connectivity index (χ3v) is 6.78. The first-order chi connectivity index (χ1) is 16.2. The van der Waals surface area contributed by atoms with E-state index in [1.807, 2.05) is 31.2 Å². The van der Waals surface area contributed by atoms with Crippen molar-refractivity contribution >= 4 is 39.8 Å². The molecule has 0 fully saturated rings. The van der Waals surface area contributed by atoms with Crippen LogP contribution < -0.4 is 10.1 Å². The highest BCUT2D eigenvalue weighted by Gasteiger charge is 2.25. The molecule has 180 valence electrons. The largest absolute Gasteiger partial charge is 0.494 e. The predicted octanol–water partition coefficient (Wildman–Crippen LogP) is 7.39. The van der Waals surface area contributed by atoms with Crippen LogP contribution in [0.4, 0.5) is 5.00 Å². The molecule has 3 rings (SSSR count). The zero-order chi connectivity index (χ0) is 24.8. The van der Waals surface area contributed by atoms with Gasteiger partial charge in [-0.25, -0.2) is 4.79 Å². The zero-order valence-electron chi connectivity index (χ0n) is 20.2. The van der Waals surface area contributed by atoms with Gasteiger partial charge < -0.3 is 14.8 Å². The lowest BCUT2D eigenvalue weighted by molar-refractivity contribution is -0.116. The molecule has 5 nitrogen and oxygen atoms in total. The van der Waals surface area contributed by atoms with Crippen LogP contribution >= 0.6 is 22.9 Å². The number of methoxy groups -OCH3 is 1. The number of thiophene rings is 1. The molecule has 0 atom stereocenters. The van der Waals surface area contributed by atoms with E-state index < -0.39 is 5.97 Å². The molecule has 0 saturated carbocycles. The number of esters is 1. The minimum Gasteiger partial charge on any atom is -0.494 e. The highest BCUT2D eigenvalue weighted by molar-refractivity contribution is 7.17. The number of ether oxygens (including phenoxy) is 2.